The van der Waals surface area contributed by atoms with Crippen molar-refractivity contribution < 1.29 is 9.59 Å². The minimum atomic E-state index is 0.0718. The van der Waals surface area contributed by atoms with Gasteiger partial charge in [0.1, 0.15) is 0 Å². The number of carbonyl (C=O) groups is 2. The highest BCUT2D eigenvalue weighted by Crippen LogP contribution is 2.40. The first kappa shape index (κ1) is 20.3. The summed E-state index contributed by atoms with van der Waals surface area (Å²) in [7, 11) is 2.08. The molecule has 29 heavy (non-hydrogen) atoms. The lowest BCUT2D eigenvalue weighted by Gasteiger charge is -2.48. The van der Waals surface area contributed by atoms with E-state index in [1.54, 1.807) is 0 Å². The molecule has 3 saturated heterocycles. The molecule has 4 heterocycles. The first-order valence-electron chi connectivity index (χ1n) is 11.2. The zero-order valence-corrected chi connectivity index (χ0v) is 17.7. The second-order valence-electron chi connectivity index (χ2n) is 9.24. The molecule has 3 aliphatic rings. The van der Waals surface area contributed by atoms with E-state index in [1.807, 2.05) is 24.5 Å². The summed E-state index contributed by atoms with van der Waals surface area (Å²) in [6, 6.07) is 4.12. The van der Waals surface area contributed by atoms with Crippen LogP contribution >= 0.6 is 0 Å². The van der Waals surface area contributed by atoms with Crippen LogP contribution in [0.4, 0.5) is 0 Å². The van der Waals surface area contributed by atoms with Gasteiger partial charge in [-0.15, -0.1) is 0 Å². The quantitative estimate of drug-likeness (QED) is 0.781. The summed E-state index contributed by atoms with van der Waals surface area (Å²) >= 11 is 0. The van der Waals surface area contributed by atoms with Gasteiger partial charge in [-0.05, 0) is 75.2 Å². The molecule has 3 fully saturated rings. The highest BCUT2D eigenvalue weighted by Gasteiger charge is 2.42. The topological polar surface area (TPSA) is 56.8 Å². The average molecular weight is 399 g/mol. The van der Waals surface area contributed by atoms with Crippen LogP contribution in [0.15, 0.2) is 24.5 Å². The van der Waals surface area contributed by atoms with Crippen LogP contribution in [0.5, 0.6) is 0 Å². The molecular formula is C23H34N4O2. The SMILES string of the molecule is CN1CCCC[C@@H]1C(=O)N1CCC2(CCC(=O)N(CCc3ccncc3)C2)CC1. The highest BCUT2D eigenvalue weighted by molar-refractivity contribution is 5.82. The van der Waals surface area contributed by atoms with E-state index in [1.165, 1.54) is 12.0 Å². The van der Waals surface area contributed by atoms with Gasteiger partial charge in [-0.3, -0.25) is 19.5 Å². The van der Waals surface area contributed by atoms with E-state index in [4.69, 9.17) is 0 Å². The van der Waals surface area contributed by atoms with E-state index in [-0.39, 0.29) is 17.4 Å². The maximum Gasteiger partial charge on any atom is 0.239 e. The van der Waals surface area contributed by atoms with Crippen LogP contribution < -0.4 is 0 Å². The number of piperidine rings is 3. The molecule has 0 aromatic carbocycles. The van der Waals surface area contributed by atoms with Crippen molar-refractivity contribution in [2.75, 3.05) is 39.8 Å². The lowest BCUT2D eigenvalue weighted by molar-refractivity contribution is -0.145. The Hall–Kier alpha value is -1.95. The van der Waals surface area contributed by atoms with Crippen LogP contribution in [-0.4, -0.2) is 77.3 Å². The third-order valence-electron chi connectivity index (χ3n) is 7.36. The Morgan fingerprint density at radius 1 is 1.14 bits per heavy atom. The minimum Gasteiger partial charge on any atom is -0.342 e. The summed E-state index contributed by atoms with van der Waals surface area (Å²) in [4.78, 5) is 36.0. The molecule has 4 rings (SSSR count). The van der Waals surface area contributed by atoms with E-state index in [9.17, 15) is 9.59 Å². The zero-order valence-electron chi connectivity index (χ0n) is 17.7. The van der Waals surface area contributed by atoms with Crippen molar-refractivity contribution in [1.29, 1.82) is 0 Å². The molecule has 6 nitrogen and oxygen atoms in total. The Morgan fingerprint density at radius 3 is 2.62 bits per heavy atom. The molecule has 1 aromatic rings. The van der Waals surface area contributed by atoms with E-state index in [2.05, 4.69) is 26.7 Å². The molecule has 1 aromatic heterocycles. The molecule has 0 unspecified atom stereocenters. The van der Waals surface area contributed by atoms with E-state index < -0.39 is 0 Å². The number of likely N-dealkylation sites (N-methyl/N-ethyl adjacent to an activating group) is 1. The fourth-order valence-electron chi connectivity index (χ4n) is 5.33. The van der Waals surface area contributed by atoms with Crippen LogP contribution in [-0.2, 0) is 16.0 Å². The molecule has 0 N–H and O–H groups in total. The second-order valence-corrected chi connectivity index (χ2v) is 9.24. The van der Waals surface area contributed by atoms with Crippen LogP contribution in [0, 0.1) is 5.41 Å². The van der Waals surface area contributed by atoms with Gasteiger partial charge in [-0.1, -0.05) is 6.42 Å². The van der Waals surface area contributed by atoms with Crippen LogP contribution in [0.2, 0.25) is 0 Å². The molecule has 0 saturated carbocycles. The second kappa shape index (κ2) is 8.82. The Bertz CT molecular complexity index is 715. The summed E-state index contributed by atoms with van der Waals surface area (Å²) in [6.45, 7) is 4.34. The number of nitrogens with zero attached hydrogens (tertiary/aromatic N) is 4. The molecule has 1 spiro atoms. The minimum absolute atomic E-state index is 0.0718. The van der Waals surface area contributed by atoms with Gasteiger partial charge in [0.05, 0.1) is 6.04 Å². The molecule has 2 amide bonds. The van der Waals surface area contributed by atoms with Gasteiger partial charge in [0.2, 0.25) is 11.8 Å². The third-order valence-corrected chi connectivity index (χ3v) is 7.36. The Kier molecular flexibility index (Phi) is 6.18. The fraction of sp³-hybridized carbons (Fsp3) is 0.696. The van der Waals surface area contributed by atoms with Crippen LogP contribution in [0.25, 0.3) is 0 Å². The van der Waals surface area contributed by atoms with Crippen molar-refractivity contribution in [2.24, 2.45) is 5.41 Å². The number of amides is 2. The van der Waals surface area contributed by atoms with Crippen molar-refractivity contribution in [3.8, 4) is 0 Å². The lowest BCUT2D eigenvalue weighted by Crippen LogP contribution is -2.55. The predicted octanol–water partition coefficient (Wildman–Crippen LogP) is 2.34. The Morgan fingerprint density at radius 2 is 1.90 bits per heavy atom. The van der Waals surface area contributed by atoms with Gasteiger partial charge in [0.25, 0.3) is 0 Å². The van der Waals surface area contributed by atoms with Crippen molar-refractivity contribution in [3.63, 3.8) is 0 Å². The summed E-state index contributed by atoms with van der Waals surface area (Å²) in [5, 5.41) is 0. The first-order valence-corrected chi connectivity index (χ1v) is 11.2. The number of hydrogen-bond donors (Lipinski definition) is 0. The molecule has 0 bridgehead atoms. The number of carbonyl (C=O) groups excluding carboxylic acids is 2. The number of likely N-dealkylation sites (tertiary alicyclic amines) is 3. The smallest absolute Gasteiger partial charge is 0.239 e. The number of pyridine rings is 1. The summed E-state index contributed by atoms with van der Waals surface area (Å²) in [6.07, 6.45) is 11.5. The lowest BCUT2D eigenvalue weighted by atomic mass is 9.72. The van der Waals surface area contributed by atoms with Crippen molar-refractivity contribution >= 4 is 11.8 Å². The third kappa shape index (κ3) is 4.63. The highest BCUT2D eigenvalue weighted by atomic mass is 16.2. The molecule has 6 heteroatoms. The predicted molar refractivity (Wildman–Crippen MR) is 112 cm³/mol. The first-order chi connectivity index (χ1) is 14.1. The Balaban J connectivity index is 1.32. The molecular weight excluding hydrogens is 364 g/mol. The fourth-order valence-corrected chi connectivity index (χ4v) is 5.33. The zero-order chi connectivity index (χ0) is 20.3. The standard InChI is InChI=1S/C23H34N4O2/c1-25-14-3-2-4-20(25)22(29)26-16-10-23(11-17-26)9-5-21(28)27(18-23)15-8-19-6-12-24-13-7-19/h6-7,12-13,20H,2-5,8-11,14-18H2,1H3/t20-/m1/s1. The monoisotopic (exact) mass is 398 g/mol. The van der Waals surface area contributed by atoms with E-state index in [0.717, 1.165) is 71.2 Å². The largest absolute Gasteiger partial charge is 0.342 e. The number of hydrogen-bond acceptors (Lipinski definition) is 4. The van der Waals surface area contributed by atoms with Gasteiger partial charge in [0.15, 0.2) is 0 Å². The van der Waals surface area contributed by atoms with E-state index >= 15 is 0 Å². The van der Waals surface area contributed by atoms with Gasteiger partial charge in [-0.2, -0.15) is 0 Å². The van der Waals surface area contributed by atoms with Crippen molar-refractivity contribution in [1.82, 2.24) is 19.7 Å². The Labute approximate surface area is 174 Å². The molecule has 3 aliphatic heterocycles. The number of rotatable bonds is 4. The maximum absolute atomic E-state index is 13.0. The van der Waals surface area contributed by atoms with Crippen LogP contribution in [0.3, 0.4) is 0 Å². The molecule has 1 atom stereocenters. The summed E-state index contributed by atoms with van der Waals surface area (Å²) < 4.78 is 0. The van der Waals surface area contributed by atoms with Crippen molar-refractivity contribution in [2.45, 2.75) is 57.4 Å². The summed E-state index contributed by atoms with van der Waals surface area (Å²) in [5.74, 6) is 0.607. The van der Waals surface area contributed by atoms with Crippen LogP contribution in [0.1, 0.15) is 50.5 Å². The summed E-state index contributed by atoms with van der Waals surface area (Å²) in [5.41, 5.74) is 1.42. The van der Waals surface area contributed by atoms with E-state index in [0.29, 0.717) is 12.3 Å². The molecule has 0 aliphatic carbocycles. The molecule has 0 radical (unpaired) electrons. The molecule has 158 valence electrons. The van der Waals surface area contributed by atoms with Gasteiger partial charge < -0.3 is 9.80 Å². The average Bonchev–Trinajstić information content (AvgIpc) is 2.76. The normalized spacial score (nSPS) is 25.4. The van der Waals surface area contributed by atoms with Gasteiger partial charge >= 0.3 is 0 Å². The van der Waals surface area contributed by atoms with Crippen molar-refractivity contribution in [3.05, 3.63) is 30.1 Å². The number of aromatic nitrogens is 1. The maximum atomic E-state index is 13.0. The van der Waals surface area contributed by atoms with Gasteiger partial charge in [0, 0.05) is 45.0 Å². The van der Waals surface area contributed by atoms with Gasteiger partial charge in [-0.25, -0.2) is 0 Å².